The molecule has 4 nitrogen and oxygen atoms in total. The summed E-state index contributed by atoms with van der Waals surface area (Å²) in [6, 6.07) is 0. The molecule has 0 heterocycles. The van der Waals surface area contributed by atoms with E-state index in [1.54, 1.807) is 0 Å². The van der Waals surface area contributed by atoms with Crippen LogP contribution in [0.1, 0.15) is 12.8 Å². The minimum absolute atomic E-state index is 0. The fourth-order valence-corrected chi connectivity index (χ4v) is 0.214. The Balaban J connectivity index is -0.000000245. The molecule has 0 spiro atoms. The van der Waals surface area contributed by atoms with Crippen LogP contribution < -0.4 is 0 Å². The van der Waals surface area contributed by atoms with Crippen LogP contribution in [0.25, 0.3) is 0 Å². The molecular weight excluding hydrogens is 230 g/mol. The number of rotatable bonds is 3. The number of aliphatic carboxylic acids is 2. The van der Waals surface area contributed by atoms with Crippen LogP contribution in [0.5, 0.6) is 0 Å². The molecule has 0 aliphatic rings. The van der Waals surface area contributed by atoms with E-state index in [1.807, 2.05) is 0 Å². The molecule has 0 aromatic rings. The number of carbonyl (C=O) groups is 2. The summed E-state index contributed by atoms with van der Waals surface area (Å²) in [5.74, 6) is -2.15. The zero-order valence-corrected chi connectivity index (χ0v) is 6.87. The fourth-order valence-electron chi connectivity index (χ4n) is 0.214. The molecule has 0 fully saturated rings. The third-order valence-corrected chi connectivity index (χ3v) is 0.553. The molecule has 0 aromatic heterocycles. The molecule has 0 atom stereocenters. The van der Waals surface area contributed by atoms with Crippen molar-refractivity contribution in [3.63, 3.8) is 0 Å². The molecule has 2 radical (unpaired) electrons. The number of hydrogen-bond acceptors (Lipinski definition) is 2. The van der Waals surface area contributed by atoms with Crippen molar-refractivity contribution in [2.45, 2.75) is 12.8 Å². The van der Waals surface area contributed by atoms with Gasteiger partial charge in [-0.05, 0) is 0 Å². The van der Waals surface area contributed by atoms with Crippen LogP contribution in [0.4, 0.5) is 0 Å². The van der Waals surface area contributed by atoms with E-state index in [-0.39, 0.29) is 46.4 Å². The van der Waals surface area contributed by atoms with Gasteiger partial charge in [-0.25, -0.2) is 0 Å². The average molecular weight is 236 g/mol. The molecule has 64 valence electrons. The molecule has 0 bridgehead atoms. The maximum Gasteiger partial charge on any atom is 0.303 e. The summed E-state index contributed by atoms with van der Waals surface area (Å²) in [6.07, 6.45) is -0.593. The van der Waals surface area contributed by atoms with Gasteiger partial charge in [-0.3, -0.25) is 9.59 Å². The van der Waals surface area contributed by atoms with Crippen molar-refractivity contribution in [2.24, 2.45) is 0 Å². The first-order valence-electron chi connectivity index (χ1n) is 2.06. The molecule has 0 aromatic carbocycles. The summed E-state index contributed by atoms with van der Waals surface area (Å²) in [6.45, 7) is 0. The Kier molecular flexibility index (Phi) is 14.8. The van der Waals surface area contributed by atoms with E-state index in [2.05, 4.69) is 0 Å². The molecule has 2 N–H and O–H groups in total. The zero-order chi connectivity index (χ0) is 6.57. The molecule has 6 heteroatoms. The first-order chi connectivity index (χ1) is 3.63. The van der Waals surface area contributed by atoms with E-state index < -0.39 is 11.9 Å². The molecule has 10 heavy (non-hydrogen) atoms. The van der Waals surface area contributed by atoms with Gasteiger partial charge in [0.25, 0.3) is 0 Å². The normalized spacial score (nSPS) is 6.80. The van der Waals surface area contributed by atoms with E-state index in [0.29, 0.717) is 0 Å². The Morgan fingerprint density at radius 3 is 1.20 bits per heavy atom. The predicted octanol–water partition coefficient (Wildman–Crippen LogP) is -0.0692. The Morgan fingerprint density at radius 2 is 1.10 bits per heavy atom. The molecule has 0 aliphatic carbocycles. The van der Waals surface area contributed by atoms with Crippen LogP contribution >= 0.6 is 0 Å². The smallest absolute Gasteiger partial charge is 0.303 e. The summed E-state index contributed by atoms with van der Waals surface area (Å²) in [4.78, 5) is 19.3. The zero-order valence-electron chi connectivity index (χ0n) is 4.79. The predicted molar refractivity (Wildman–Crippen MR) is 24.5 cm³/mol. The van der Waals surface area contributed by atoms with E-state index in [1.165, 1.54) is 0 Å². The molecule has 0 rings (SSSR count). The van der Waals surface area contributed by atoms with Crippen LogP contribution in [-0.2, 0) is 43.1 Å². The summed E-state index contributed by atoms with van der Waals surface area (Å²) in [5.41, 5.74) is 0. The third kappa shape index (κ3) is 15.7. The van der Waals surface area contributed by atoms with E-state index in [0.717, 1.165) is 0 Å². The molecule has 0 unspecified atom stereocenters. The maximum atomic E-state index is 9.64. The molecule has 0 saturated carbocycles. The van der Waals surface area contributed by atoms with Gasteiger partial charge in [0.2, 0.25) is 0 Å². The second-order valence-corrected chi connectivity index (χ2v) is 1.29. The van der Waals surface area contributed by atoms with Crippen LogP contribution in [0, 0.1) is 0 Å². The van der Waals surface area contributed by atoms with Gasteiger partial charge >= 0.3 is 11.9 Å². The number of carboxylic acids is 2. The van der Waals surface area contributed by atoms with Gasteiger partial charge in [0, 0.05) is 33.6 Å². The van der Waals surface area contributed by atoms with Gasteiger partial charge in [-0.1, -0.05) is 0 Å². The quantitative estimate of drug-likeness (QED) is 0.719. The van der Waals surface area contributed by atoms with Crippen LogP contribution in [0.3, 0.4) is 0 Å². The number of hydrogen-bond donors (Lipinski definition) is 2. The number of carboxylic acid groups (broad SMARTS) is 2. The molecular formula is C4H6Co2O4. The second kappa shape index (κ2) is 8.95. The van der Waals surface area contributed by atoms with E-state index in [9.17, 15) is 9.59 Å². The van der Waals surface area contributed by atoms with Crippen molar-refractivity contribution in [3.8, 4) is 0 Å². The van der Waals surface area contributed by atoms with Gasteiger partial charge < -0.3 is 10.2 Å². The SMILES string of the molecule is O=C(O)CCC(=O)O.[Co].[Co]. The van der Waals surface area contributed by atoms with Crippen molar-refractivity contribution in [1.29, 1.82) is 0 Å². The second-order valence-electron chi connectivity index (χ2n) is 1.29. The van der Waals surface area contributed by atoms with Crippen LogP contribution in [-0.4, -0.2) is 22.2 Å². The van der Waals surface area contributed by atoms with Crippen molar-refractivity contribution in [2.75, 3.05) is 0 Å². The Morgan fingerprint density at radius 1 is 0.900 bits per heavy atom. The van der Waals surface area contributed by atoms with Gasteiger partial charge in [0.05, 0.1) is 12.8 Å². The van der Waals surface area contributed by atoms with Gasteiger partial charge in [-0.15, -0.1) is 0 Å². The first-order valence-corrected chi connectivity index (χ1v) is 2.06. The van der Waals surface area contributed by atoms with E-state index in [4.69, 9.17) is 10.2 Å². The van der Waals surface area contributed by atoms with Gasteiger partial charge in [0.1, 0.15) is 0 Å². The van der Waals surface area contributed by atoms with Gasteiger partial charge in [0.15, 0.2) is 0 Å². The standard InChI is InChI=1S/C4H6O4.2Co/c5-3(6)1-2-4(7)8;;/h1-2H2,(H,5,6)(H,7,8);;. The van der Waals surface area contributed by atoms with Crippen LogP contribution in [0.15, 0.2) is 0 Å². The first kappa shape index (κ1) is 16.5. The molecule has 0 amide bonds. The monoisotopic (exact) mass is 236 g/mol. The average Bonchev–Trinajstić information content (AvgIpc) is 1.61. The minimum atomic E-state index is -1.08. The van der Waals surface area contributed by atoms with Crippen molar-refractivity contribution >= 4 is 11.9 Å². The minimum Gasteiger partial charge on any atom is -0.481 e. The van der Waals surface area contributed by atoms with Gasteiger partial charge in [-0.2, -0.15) is 0 Å². The Bertz CT molecular complexity index is 99.8. The topological polar surface area (TPSA) is 74.6 Å². The fraction of sp³-hybridized carbons (Fsp3) is 0.500. The van der Waals surface area contributed by atoms with Crippen molar-refractivity contribution in [1.82, 2.24) is 0 Å². The summed E-state index contributed by atoms with van der Waals surface area (Å²) in [7, 11) is 0. The molecule has 0 saturated heterocycles. The molecule has 0 aliphatic heterocycles. The van der Waals surface area contributed by atoms with Crippen molar-refractivity contribution in [3.05, 3.63) is 0 Å². The van der Waals surface area contributed by atoms with Crippen LogP contribution in [0.2, 0.25) is 0 Å². The summed E-state index contributed by atoms with van der Waals surface area (Å²) < 4.78 is 0. The van der Waals surface area contributed by atoms with Crippen molar-refractivity contribution < 1.29 is 53.4 Å². The third-order valence-electron chi connectivity index (χ3n) is 0.553. The summed E-state index contributed by atoms with van der Waals surface area (Å²) in [5, 5.41) is 15.8. The Labute approximate surface area is 78.4 Å². The Hall–Kier alpha value is -0.0470. The largest absolute Gasteiger partial charge is 0.481 e. The maximum absolute atomic E-state index is 9.64. The summed E-state index contributed by atoms with van der Waals surface area (Å²) >= 11 is 0. The van der Waals surface area contributed by atoms with E-state index >= 15 is 0 Å².